The third kappa shape index (κ3) is 4.24. The monoisotopic (exact) mass is 356 g/mol. The molecule has 0 spiro atoms. The number of hydrogen-bond donors (Lipinski definition) is 2. The van der Waals surface area contributed by atoms with Crippen LogP contribution in [0.2, 0.25) is 0 Å². The van der Waals surface area contributed by atoms with Crippen LogP contribution in [0, 0.1) is 0 Å². The second-order valence-electron chi connectivity index (χ2n) is 5.45. The fourth-order valence-electron chi connectivity index (χ4n) is 2.48. The van der Waals surface area contributed by atoms with Crippen LogP contribution < -0.4 is 10.6 Å². The Hall–Kier alpha value is -2.11. The van der Waals surface area contributed by atoms with E-state index in [2.05, 4.69) is 59.3 Å². The summed E-state index contributed by atoms with van der Waals surface area (Å²) in [7, 11) is 0. The maximum atomic E-state index is 5.47. The van der Waals surface area contributed by atoms with E-state index in [9.17, 15) is 0 Å². The van der Waals surface area contributed by atoms with Gasteiger partial charge < -0.3 is 15.1 Å². The van der Waals surface area contributed by atoms with Gasteiger partial charge in [0, 0.05) is 4.88 Å². The van der Waals surface area contributed by atoms with E-state index in [-0.39, 0.29) is 6.04 Å². The summed E-state index contributed by atoms with van der Waals surface area (Å²) in [5, 5.41) is 9.33. The molecule has 0 aliphatic carbocycles. The highest BCUT2D eigenvalue weighted by molar-refractivity contribution is 7.80. The molecular formula is C19H20N2OS2. The molecule has 2 heterocycles. The van der Waals surface area contributed by atoms with Gasteiger partial charge in [-0.15, -0.1) is 11.3 Å². The summed E-state index contributed by atoms with van der Waals surface area (Å²) in [4.78, 5) is 1.24. The third-order valence-electron chi connectivity index (χ3n) is 3.83. The molecule has 0 aliphatic rings. The quantitative estimate of drug-likeness (QED) is 0.630. The average Bonchev–Trinajstić information content (AvgIpc) is 3.31. The third-order valence-corrected chi connectivity index (χ3v) is 5.03. The number of hydrogen-bond acceptors (Lipinski definition) is 3. The van der Waals surface area contributed by atoms with Gasteiger partial charge in [0.25, 0.3) is 0 Å². The first-order valence-electron chi connectivity index (χ1n) is 7.95. The van der Waals surface area contributed by atoms with Crippen LogP contribution in [0.5, 0.6) is 0 Å². The van der Waals surface area contributed by atoms with E-state index in [1.807, 2.05) is 12.1 Å². The van der Waals surface area contributed by atoms with Crippen molar-refractivity contribution in [2.75, 3.05) is 0 Å². The van der Waals surface area contributed by atoms with Gasteiger partial charge in [0.2, 0.25) is 0 Å². The number of nitrogens with one attached hydrogen (secondary N) is 2. The molecule has 1 aromatic carbocycles. The van der Waals surface area contributed by atoms with Gasteiger partial charge in [-0.3, -0.25) is 0 Å². The van der Waals surface area contributed by atoms with Crippen LogP contribution in [0.4, 0.5) is 0 Å². The minimum atomic E-state index is 0.0486. The first kappa shape index (κ1) is 16.7. The van der Waals surface area contributed by atoms with Gasteiger partial charge in [0.1, 0.15) is 5.76 Å². The highest BCUT2D eigenvalue weighted by atomic mass is 32.1. The van der Waals surface area contributed by atoms with Gasteiger partial charge in [-0.1, -0.05) is 37.3 Å². The van der Waals surface area contributed by atoms with Crippen molar-refractivity contribution in [1.82, 2.24) is 10.6 Å². The Morgan fingerprint density at radius 2 is 2.00 bits per heavy atom. The molecular weight excluding hydrogens is 336 g/mol. The standard InChI is InChI=1S/C19H20N2OS2/c1-2-14-7-9-15(10-8-14)18(17-6-4-12-24-17)21-19(23)20-13-16-5-3-11-22-16/h3-12,18H,2,13H2,1H3,(H2,20,21,23)/t18-/m0/s1. The molecule has 0 unspecified atom stereocenters. The largest absolute Gasteiger partial charge is 0.467 e. The lowest BCUT2D eigenvalue weighted by atomic mass is 10.0. The summed E-state index contributed by atoms with van der Waals surface area (Å²) in [6.07, 6.45) is 2.71. The van der Waals surface area contributed by atoms with Gasteiger partial charge in [-0.05, 0) is 53.3 Å². The number of rotatable bonds is 6. The zero-order chi connectivity index (χ0) is 16.8. The number of thiocarbonyl (C=S) groups is 1. The molecule has 0 radical (unpaired) electrons. The molecule has 0 aliphatic heterocycles. The summed E-state index contributed by atoms with van der Waals surface area (Å²) < 4.78 is 5.32. The van der Waals surface area contributed by atoms with Crippen molar-refractivity contribution in [3.05, 3.63) is 81.9 Å². The summed E-state index contributed by atoms with van der Waals surface area (Å²) >= 11 is 7.19. The van der Waals surface area contributed by atoms with Crippen molar-refractivity contribution in [3.8, 4) is 0 Å². The molecule has 0 amide bonds. The molecule has 2 N–H and O–H groups in total. The van der Waals surface area contributed by atoms with Crippen LogP contribution in [0.25, 0.3) is 0 Å². The Morgan fingerprint density at radius 3 is 2.62 bits per heavy atom. The fraction of sp³-hybridized carbons (Fsp3) is 0.211. The van der Waals surface area contributed by atoms with E-state index in [0.717, 1.165) is 12.2 Å². The van der Waals surface area contributed by atoms with Crippen molar-refractivity contribution in [2.45, 2.75) is 25.9 Å². The summed E-state index contributed by atoms with van der Waals surface area (Å²) in [6.45, 7) is 2.74. The zero-order valence-electron chi connectivity index (χ0n) is 13.5. The molecule has 5 heteroatoms. The lowest BCUT2D eigenvalue weighted by Gasteiger charge is -2.20. The molecule has 0 bridgehead atoms. The van der Waals surface area contributed by atoms with Gasteiger partial charge >= 0.3 is 0 Å². The number of benzene rings is 1. The van der Waals surface area contributed by atoms with Crippen LogP contribution in [-0.4, -0.2) is 5.11 Å². The summed E-state index contributed by atoms with van der Waals surface area (Å²) in [5.41, 5.74) is 2.54. The second-order valence-corrected chi connectivity index (χ2v) is 6.84. The Bertz CT molecular complexity index is 749. The number of thiophene rings is 1. The predicted octanol–water partition coefficient (Wildman–Crippen LogP) is 4.66. The lowest BCUT2D eigenvalue weighted by molar-refractivity contribution is 0.502. The van der Waals surface area contributed by atoms with Crippen molar-refractivity contribution in [1.29, 1.82) is 0 Å². The van der Waals surface area contributed by atoms with E-state index in [1.165, 1.54) is 16.0 Å². The molecule has 0 saturated heterocycles. The van der Waals surface area contributed by atoms with Crippen molar-refractivity contribution in [2.24, 2.45) is 0 Å². The minimum absolute atomic E-state index is 0.0486. The van der Waals surface area contributed by atoms with Crippen LogP contribution in [0.1, 0.15) is 34.7 Å². The number of furan rings is 1. The molecule has 1 atom stereocenters. The normalized spacial score (nSPS) is 11.9. The highest BCUT2D eigenvalue weighted by Gasteiger charge is 2.16. The van der Waals surface area contributed by atoms with Gasteiger partial charge in [0.15, 0.2) is 5.11 Å². The average molecular weight is 357 g/mol. The first-order valence-corrected chi connectivity index (χ1v) is 9.24. The Morgan fingerprint density at radius 1 is 1.17 bits per heavy atom. The highest BCUT2D eigenvalue weighted by Crippen LogP contribution is 2.26. The molecule has 3 nitrogen and oxygen atoms in total. The van der Waals surface area contributed by atoms with E-state index >= 15 is 0 Å². The van der Waals surface area contributed by atoms with Gasteiger partial charge in [-0.2, -0.15) is 0 Å². The summed E-state index contributed by atoms with van der Waals surface area (Å²) in [6, 6.07) is 16.7. The molecule has 24 heavy (non-hydrogen) atoms. The predicted molar refractivity (Wildman–Crippen MR) is 103 cm³/mol. The van der Waals surface area contributed by atoms with Crippen LogP contribution in [-0.2, 0) is 13.0 Å². The lowest BCUT2D eigenvalue weighted by Crippen LogP contribution is -2.37. The second kappa shape index (κ2) is 8.13. The van der Waals surface area contributed by atoms with E-state index in [0.29, 0.717) is 11.7 Å². The number of aryl methyl sites for hydroxylation is 1. The van der Waals surface area contributed by atoms with Crippen molar-refractivity contribution in [3.63, 3.8) is 0 Å². The van der Waals surface area contributed by atoms with Gasteiger partial charge in [-0.25, -0.2) is 0 Å². The maximum absolute atomic E-state index is 5.47. The zero-order valence-corrected chi connectivity index (χ0v) is 15.1. The maximum Gasteiger partial charge on any atom is 0.167 e. The molecule has 0 fully saturated rings. The summed E-state index contributed by atoms with van der Waals surface area (Å²) in [5.74, 6) is 0.860. The molecule has 3 rings (SSSR count). The van der Waals surface area contributed by atoms with Crippen LogP contribution in [0.15, 0.2) is 64.6 Å². The van der Waals surface area contributed by atoms with Crippen molar-refractivity contribution < 1.29 is 4.42 Å². The van der Waals surface area contributed by atoms with Crippen LogP contribution in [0.3, 0.4) is 0 Å². The smallest absolute Gasteiger partial charge is 0.167 e. The molecule has 0 saturated carbocycles. The SMILES string of the molecule is CCc1ccc([C@H](NC(=S)NCc2ccco2)c2cccs2)cc1. The molecule has 2 aromatic heterocycles. The Balaban J connectivity index is 1.71. The Kier molecular flexibility index (Phi) is 5.67. The minimum Gasteiger partial charge on any atom is -0.467 e. The van der Waals surface area contributed by atoms with Crippen LogP contribution >= 0.6 is 23.6 Å². The molecule has 3 aromatic rings. The fourth-order valence-corrected chi connectivity index (χ4v) is 3.48. The van der Waals surface area contributed by atoms with E-state index in [4.69, 9.17) is 16.6 Å². The Labute approximate surface area is 151 Å². The van der Waals surface area contributed by atoms with E-state index < -0.39 is 0 Å². The van der Waals surface area contributed by atoms with E-state index in [1.54, 1.807) is 17.6 Å². The van der Waals surface area contributed by atoms with Gasteiger partial charge in [0.05, 0.1) is 18.8 Å². The molecule has 124 valence electrons. The van der Waals surface area contributed by atoms with Crippen molar-refractivity contribution >= 4 is 28.7 Å². The first-order chi connectivity index (χ1) is 11.8. The topological polar surface area (TPSA) is 37.2 Å².